The number of hydrogen-bond donors (Lipinski definition) is 2. The Morgan fingerprint density at radius 2 is 1.84 bits per heavy atom. The number of phenolic OH excluding ortho intramolecular Hbond substituents is 1. The highest BCUT2D eigenvalue weighted by Gasteiger charge is 2.26. The maximum Gasteiger partial charge on any atom is 0.271 e. The smallest absolute Gasteiger partial charge is 0.271 e. The van der Waals surface area contributed by atoms with Gasteiger partial charge in [-0.25, -0.2) is 0 Å². The lowest BCUT2D eigenvalue weighted by Gasteiger charge is -2.27. The molecule has 0 heterocycles. The Balaban J connectivity index is 1.88. The van der Waals surface area contributed by atoms with Gasteiger partial charge in [0.05, 0.1) is 13.5 Å². The molecule has 168 valence electrons. The minimum absolute atomic E-state index is 0.00441. The average molecular weight is 432 g/mol. The van der Waals surface area contributed by atoms with Crippen LogP contribution in [-0.4, -0.2) is 55.7 Å². The fraction of sp³-hybridized carbons (Fsp3) is 0.391. The Bertz CT molecular complexity index is 851. The van der Waals surface area contributed by atoms with Crippen LogP contribution >= 0.6 is 0 Å². The van der Waals surface area contributed by atoms with Gasteiger partial charge in [-0.3, -0.25) is 9.59 Å². The number of carbonyl (C=O) groups is 2. The number of aliphatic hydroxyl groups excluding tert-OH is 1. The summed E-state index contributed by atoms with van der Waals surface area (Å²) in [5.74, 6) is -0.293. The summed E-state index contributed by atoms with van der Waals surface area (Å²) < 4.78 is 20.5. The number of phenols is 1. The van der Waals surface area contributed by atoms with E-state index in [1.165, 1.54) is 39.5 Å². The van der Waals surface area contributed by atoms with Gasteiger partial charge in [0, 0.05) is 14.2 Å². The Morgan fingerprint density at radius 1 is 1.13 bits per heavy atom. The maximum atomic E-state index is 12.1. The highest BCUT2D eigenvalue weighted by molar-refractivity contribution is 6.09. The Hall–Kier alpha value is -2.94. The molecule has 31 heavy (non-hydrogen) atoms. The summed E-state index contributed by atoms with van der Waals surface area (Å²) in [4.78, 5) is 24.2. The SMILES string of the molecule is COc1cc(C=CC(=O)CC(=O)C=CC2CC=C(O)C(OC(OC)OC)C2)ccc1O. The highest BCUT2D eigenvalue weighted by atomic mass is 16.8. The number of benzene rings is 1. The van der Waals surface area contributed by atoms with Gasteiger partial charge in [-0.15, -0.1) is 0 Å². The van der Waals surface area contributed by atoms with Gasteiger partial charge in [-0.05, 0) is 54.7 Å². The van der Waals surface area contributed by atoms with E-state index in [0.29, 0.717) is 24.2 Å². The van der Waals surface area contributed by atoms with Gasteiger partial charge in [-0.1, -0.05) is 18.2 Å². The third kappa shape index (κ3) is 7.67. The number of ketones is 2. The van der Waals surface area contributed by atoms with E-state index < -0.39 is 12.6 Å². The number of aliphatic hydroxyl groups is 1. The molecule has 0 radical (unpaired) electrons. The van der Waals surface area contributed by atoms with Crippen LogP contribution in [-0.2, 0) is 23.8 Å². The van der Waals surface area contributed by atoms with Crippen LogP contribution in [0.4, 0.5) is 0 Å². The lowest BCUT2D eigenvalue weighted by Crippen LogP contribution is -2.30. The summed E-state index contributed by atoms with van der Waals surface area (Å²) in [6, 6.07) is 4.68. The van der Waals surface area contributed by atoms with Crippen molar-refractivity contribution in [2.45, 2.75) is 31.8 Å². The van der Waals surface area contributed by atoms with E-state index in [1.807, 2.05) is 0 Å². The molecule has 1 aliphatic rings. The molecule has 0 saturated heterocycles. The van der Waals surface area contributed by atoms with Crippen molar-refractivity contribution in [2.24, 2.45) is 5.92 Å². The minimum atomic E-state index is -0.900. The van der Waals surface area contributed by atoms with Crippen LogP contribution in [0.2, 0.25) is 0 Å². The van der Waals surface area contributed by atoms with Crippen molar-refractivity contribution in [3.63, 3.8) is 0 Å². The number of carbonyl (C=O) groups excluding carboxylic acids is 2. The zero-order valence-corrected chi connectivity index (χ0v) is 17.8. The molecule has 2 rings (SSSR count). The predicted octanol–water partition coefficient (Wildman–Crippen LogP) is 3.31. The van der Waals surface area contributed by atoms with Gasteiger partial charge < -0.3 is 29.2 Å². The van der Waals surface area contributed by atoms with Crippen molar-refractivity contribution >= 4 is 17.6 Å². The second-order valence-electron chi connectivity index (χ2n) is 6.98. The number of allylic oxidation sites excluding steroid dienone is 4. The van der Waals surface area contributed by atoms with E-state index in [1.54, 1.807) is 30.4 Å². The first-order valence-corrected chi connectivity index (χ1v) is 9.75. The van der Waals surface area contributed by atoms with Crippen LogP contribution in [0.3, 0.4) is 0 Å². The number of methoxy groups -OCH3 is 3. The first kappa shape index (κ1) is 24.3. The normalized spacial score (nSPS) is 19.2. The van der Waals surface area contributed by atoms with Crippen molar-refractivity contribution in [3.05, 3.63) is 53.8 Å². The Kier molecular flexibility index (Phi) is 9.45. The molecule has 0 fully saturated rings. The molecule has 0 amide bonds. The van der Waals surface area contributed by atoms with Crippen molar-refractivity contribution in [2.75, 3.05) is 21.3 Å². The van der Waals surface area contributed by atoms with Crippen molar-refractivity contribution in [1.29, 1.82) is 0 Å². The molecular weight excluding hydrogens is 404 g/mol. The monoisotopic (exact) mass is 432 g/mol. The van der Waals surface area contributed by atoms with Crippen LogP contribution in [0.5, 0.6) is 11.5 Å². The van der Waals surface area contributed by atoms with E-state index in [9.17, 15) is 19.8 Å². The third-order valence-electron chi connectivity index (χ3n) is 4.70. The molecule has 8 heteroatoms. The summed E-state index contributed by atoms with van der Waals surface area (Å²) in [7, 11) is 4.29. The van der Waals surface area contributed by atoms with Crippen LogP contribution in [0, 0.1) is 5.92 Å². The zero-order valence-electron chi connectivity index (χ0n) is 17.8. The van der Waals surface area contributed by atoms with E-state index in [2.05, 4.69) is 0 Å². The molecule has 0 aromatic heterocycles. The van der Waals surface area contributed by atoms with Crippen molar-refractivity contribution in [1.82, 2.24) is 0 Å². The summed E-state index contributed by atoms with van der Waals surface area (Å²) in [6.07, 6.45) is 7.76. The molecule has 0 aliphatic heterocycles. The quantitative estimate of drug-likeness (QED) is 0.311. The lowest BCUT2D eigenvalue weighted by atomic mass is 9.90. The minimum Gasteiger partial charge on any atom is -0.510 e. The third-order valence-corrected chi connectivity index (χ3v) is 4.70. The van der Waals surface area contributed by atoms with Gasteiger partial charge in [0.1, 0.15) is 11.9 Å². The molecule has 0 bridgehead atoms. The Labute approximate surface area is 181 Å². The fourth-order valence-corrected chi connectivity index (χ4v) is 3.04. The van der Waals surface area contributed by atoms with E-state index in [-0.39, 0.29) is 35.4 Å². The van der Waals surface area contributed by atoms with E-state index in [0.717, 1.165) is 0 Å². The van der Waals surface area contributed by atoms with Gasteiger partial charge in [0.2, 0.25) is 0 Å². The van der Waals surface area contributed by atoms with Crippen LogP contribution in [0.15, 0.2) is 48.3 Å². The summed E-state index contributed by atoms with van der Waals surface area (Å²) in [5, 5.41) is 19.6. The summed E-state index contributed by atoms with van der Waals surface area (Å²) in [6.45, 7) is -0.900. The summed E-state index contributed by atoms with van der Waals surface area (Å²) in [5.41, 5.74) is 0.663. The zero-order chi connectivity index (χ0) is 22.8. The first-order valence-electron chi connectivity index (χ1n) is 9.75. The predicted molar refractivity (Wildman–Crippen MR) is 114 cm³/mol. The van der Waals surface area contributed by atoms with Gasteiger partial charge in [0.25, 0.3) is 6.48 Å². The second kappa shape index (κ2) is 12.0. The fourth-order valence-electron chi connectivity index (χ4n) is 3.04. The second-order valence-corrected chi connectivity index (χ2v) is 6.98. The molecule has 0 saturated carbocycles. The molecule has 1 aliphatic carbocycles. The Morgan fingerprint density at radius 3 is 2.52 bits per heavy atom. The van der Waals surface area contributed by atoms with E-state index in [4.69, 9.17) is 18.9 Å². The van der Waals surface area contributed by atoms with Gasteiger partial charge in [-0.2, -0.15) is 0 Å². The van der Waals surface area contributed by atoms with Gasteiger partial charge >= 0.3 is 0 Å². The van der Waals surface area contributed by atoms with Crippen molar-refractivity contribution < 1.29 is 38.7 Å². The first-order chi connectivity index (χ1) is 14.9. The largest absolute Gasteiger partial charge is 0.510 e. The maximum absolute atomic E-state index is 12.1. The number of rotatable bonds is 11. The molecular formula is C23H28O8. The molecule has 2 unspecified atom stereocenters. The lowest BCUT2D eigenvalue weighted by molar-refractivity contribution is -0.283. The number of aromatic hydroxyl groups is 1. The van der Waals surface area contributed by atoms with Crippen LogP contribution in [0.1, 0.15) is 24.8 Å². The van der Waals surface area contributed by atoms with E-state index >= 15 is 0 Å². The molecule has 0 spiro atoms. The van der Waals surface area contributed by atoms with Crippen molar-refractivity contribution in [3.8, 4) is 11.5 Å². The standard InChI is InChI=1S/C23H28O8/c1-28-21-12-15(6-10-19(21)26)4-8-17(24)14-18(25)9-5-16-7-11-20(27)22(13-16)31-23(29-2)30-3/h4-6,8-12,16,22-23,26-27H,7,13-14H2,1-3H3. The molecule has 2 N–H and O–H groups in total. The summed E-state index contributed by atoms with van der Waals surface area (Å²) >= 11 is 0. The molecule has 1 aromatic rings. The molecule has 8 nitrogen and oxygen atoms in total. The van der Waals surface area contributed by atoms with Gasteiger partial charge in [0.15, 0.2) is 23.1 Å². The number of ether oxygens (including phenoxy) is 4. The van der Waals surface area contributed by atoms with Crippen LogP contribution < -0.4 is 4.74 Å². The molecule has 1 aromatic carbocycles. The topological polar surface area (TPSA) is 112 Å². The molecule has 2 atom stereocenters. The number of hydrogen-bond acceptors (Lipinski definition) is 8. The highest BCUT2D eigenvalue weighted by Crippen LogP contribution is 2.28. The average Bonchev–Trinajstić information content (AvgIpc) is 2.77. The van der Waals surface area contributed by atoms with Crippen LogP contribution in [0.25, 0.3) is 6.08 Å².